The molecular formula is C23H28O4. The number of benzene rings is 1. The lowest BCUT2D eigenvalue weighted by Gasteiger charge is -2.05. The zero-order valence-electron chi connectivity index (χ0n) is 15.8. The number of carboxylic acid groups (broad SMARTS) is 1. The maximum Gasteiger partial charge on any atom is 0.307 e. The van der Waals surface area contributed by atoms with Crippen LogP contribution in [0.3, 0.4) is 0 Å². The first-order valence-electron chi connectivity index (χ1n) is 9.23. The van der Waals surface area contributed by atoms with E-state index in [1.54, 1.807) is 30.3 Å². The maximum absolute atomic E-state index is 11.8. The Hall–Kier alpha value is -2.88. The lowest BCUT2D eigenvalue weighted by atomic mass is 10.1. The van der Waals surface area contributed by atoms with Gasteiger partial charge in [0.1, 0.15) is 5.75 Å². The highest BCUT2D eigenvalue weighted by Crippen LogP contribution is 2.13. The largest absolute Gasteiger partial charge is 0.493 e. The number of hydrogen-bond donors (Lipinski definition) is 1. The Kier molecular flexibility index (Phi) is 11.7. The van der Waals surface area contributed by atoms with Crippen molar-refractivity contribution in [1.29, 1.82) is 0 Å². The third kappa shape index (κ3) is 12.2. The molecule has 0 aliphatic heterocycles. The Morgan fingerprint density at radius 1 is 0.963 bits per heavy atom. The van der Waals surface area contributed by atoms with Crippen molar-refractivity contribution in [1.82, 2.24) is 0 Å². The van der Waals surface area contributed by atoms with Gasteiger partial charge < -0.3 is 9.84 Å². The molecule has 4 heteroatoms. The van der Waals surface area contributed by atoms with Crippen LogP contribution in [0.1, 0.15) is 38.2 Å². The molecule has 144 valence electrons. The number of allylic oxidation sites excluding steroid dienone is 8. The summed E-state index contributed by atoms with van der Waals surface area (Å²) in [5.74, 6) is -0.245. The molecule has 0 aliphatic carbocycles. The van der Waals surface area contributed by atoms with Gasteiger partial charge >= 0.3 is 5.97 Å². The molecule has 0 amide bonds. The zero-order valence-corrected chi connectivity index (χ0v) is 15.8. The van der Waals surface area contributed by atoms with Crippen LogP contribution in [0.15, 0.2) is 72.9 Å². The van der Waals surface area contributed by atoms with Gasteiger partial charge in [0.15, 0.2) is 5.78 Å². The number of ether oxygens (including phenoxy) is 1. The Morgan fingerprint density at radius 2 is 1.67 bits per heavy atom. The predicted octanol–water partition coefficient (Wildman–Crippen LogP) is 5.07. The smallest absolute Gasteiger partial charge is 0.307 e. The first kappa shape index (κ1) is 22.2. The predicted molar refractivity (Wildman–Crippen MR) is 109 cm³/mol. The molecule has 0 radical (unpaired) electrons. The lowest BCUT2D eigenvalue weighted by molar-refractivity contribution is -0.136. The van der Waals surface area contributed by atoms with Crippen molar-refractivity contribution >= 4 is 11.8 Å². The normalized spacial score (nSPS) is 11.9. The van der Waals surface area contributed by atoms with E-state index in [0.717, 1.165) is 19.3 Å². The Morgan fingerprint density at radius 3 is 2.37 bits per heavy atom. The standard InChI is InChI=1S/C23H28O4/c1-2-3-4-5-6-7-8-9-10-11-12-21(24)17-18-27-22-15-13-20(14-16-22)19-23(25)26/h3-4,7-16H,2,5-6,17-19H2,1H3,(H,25,26)/b4-3-,8-7+,10-9-,12-11+. The molecule has 1 aromatic rings. The van der Waals surface area contributed by atoms with Crippen molar-refractivity contribution in [3.8, 4) is 5.75 Å². The Labute approximate surface area is 161 Å². The van der Waals surface area contributed by atoms with Crippen molar-refractivity contribution in [2.75, 3.05) is 6.61 Å². The van der Waals surface area contributed by atoms with Gasteiger partial charge in [-0.2, -0.15) is 0 Å². The number of unbranched alkanes of at least 4 members (excludes halogenated alkanes) is 1. The number of carboxylic acids is 1. The van der Waals surface area contributed by atoms with Gasteiger partial charge in [0, 0.05) is 6.42 Å². The van der Waals surface area contributed by atoms with E-state index in [1.807, 2.05) is 18.2 Å². The van der Waals surface area contributed by atoms with Gasteiger partial charge in [0.05, 0.1) is 13.0 Å². The number of rotatable bonds is 13. The van der Waals surface area contributed by atoms with E-state index in [4.69, 9.17) is 9.84 Å². The van der Waals surface area contributed by atoms with Gasteiger partial charge in [-0.25, -0.2) is 0 Å². The van der Waals surface area contributed by atoms with Crippen molar-refractivity contribution < 1.29 is 19.4 Å². The Balaban J connectivity index is 2.20. The van der Waals surface area contributed by atoms with Crippen LogP contribution in [-0.4, -0.2) is 23.5 Å². The first-order valence-corrected chi connectivity index (χ1v) is 9.23. The molecule has 1 rings (SSSR count). The fourth-order valence-corrected chi connectivity index (χ4v) is 2.17. The molecule has 0 saturated heterocycles. The van der Waals surface area contributed by atoms with Gasteiger partial charge in [-0.3, -0.25) is 9.59 Å². The second kappa shape index (κ2) is 14.3. The molecular weight excluding hydrogens is 340 g/mol. The summed E-state index contributed by atoms with van der Waals surface area (Å²) in [7, 11) is 0. The molecule has 0 bridgehead atoms. The summed E-state index contributed by atoms with van der Waals surface area (Å²) in [5, 5.41) is 8.72. The highest BCUT2D eigenvalue weighted by Gasteiger charge is 2.01. The average molecular weight is 368 g/mol. The second-order valence-corrected chi connectivity index (χ2v) is 5.91. The fraction of sp³-hybridized carbons (Fsp3) is 0.304. The third-order valence-corrected chi connectivity index (χ3v) is 3.55. The molecule has 0 fully saturated rings. The van der Waals surface area contributed by atoms with Crippen LogP contribution in [0.4, 0.5) is 0 Å². The molecule has 27 heavy (non-hydrogen) atoms. The molecule has 0 atom stereocenters. The maximum atomic E-state index is 11.8. The second-order valence-electron chi connectivity index (χ2n) is 5.91. The van der Waals surface area contributed by atoms with Crippen LogP contribution in [0, 0.1) is 0 Å². The monoisotopic (exact) mass is 368 g/mol. The van der Waals surface area contributed by atoms with E-state index >= 15 is 0 Å². The summed E-state index contributed by atoms with van der Waals surface area (Å²) in [6.45, 7) is 2.41. The van der Waals surface area contributed by atoms with Gasteiger partial charge in [0.25, 0.3) is 0 Å². The topological polar surface area (TPSA) is 63.6 Å². The van der Waals surface area contributed by atoms with Crippen LogP contribution < -0.4 is 4.74 Å². The van der Waals surface area contributed by atoms with E-state index < -0.39 is 5.97 Å². The number of hydrogen-bond acceptors (Lipinski definition) is 3. The number of ketones is 1. The van der Waals surface area contributed by atoms with Crippen molar-refractivity contribution in [2.45, 2.75) is 39.0 Å². The summed E-state index contributed by atoms with van der Waals surface area (Å²) in [4.78, 5) is 22.4. The SMILES string of the molecule is CC/C=C\CC/C=C/C=C\C=C\C(=O)CCOc1ccc(CC(=O)O)cc1. The van der Waals surface area contributed by atoms with Gasteiger partial charge in [-0.05, 0) is 43.0 Å². The van der Waals surface area contributed by atoms with Crippen LogP contribution in [0.25, 0.3) is 0 Å². The molecule has 0 saturated carbocycles. The summed E-state index contributed by atoms with van der Waals surface area (Å²) in [6, 6.07) is 6.85. The molecule has 1 aromatic carbocycles. The molecule has 1 N–H and O–H groups in total. The molecule has 0 spiro atoms. The minimum Gasteiger partial charge on any atom is -0.493 e. The van der Waals surface area contributed by atoms with Crippen LogP contribution >= 0.6 is 0 Å². The minimum absolute atomic E-state index is 0.00386. The fourth-order valence-electron chi connectivity index (χ4n) is 2.17. The van der Waals surface area contributed by atoms with Crippen molar-refractivity contribution in [2.24, 2.45) is 0 Å². The van der Waals surface area contributed by atoms with Crippen LogP contribution in [0.2, 0.25) is 0 Å². The lowest BCUT2D eigenvalue weighted by Crippen LogP contribution is -2.04. The Bertz CT molecular complexity index is 679. The average Bonchev–Trinajstić information content (AvgIpc) is 2.64. The van der Waals surface area contributed by atoms with Crippen molar-refractivity contribution in [3.63, 3.8) is 0 Å². The van der Waals surface area contributed by atoms with Gasteiger partial charge in [-0.1, -0.05) is 61.6 Å². The molecule has 0 heterocycles. The zero-order chi connectivity index (χ0) is 19.7. The van der Waals surface area contributed by atoms with E-state index in [0.29, 0.717) is 17.7 Å². The summed E-state index contributed by atoms with van der Waals surface area (Å²) in [5.41, 5.74) is 0.715. The van der Waals surface area contributed by atoms with Crippen LogP contribution in [0.5, 0.6) is 5.75 Å². The molecule has 0 unspecified atom stereocenters. The van der Waals surface area contributed by atoms with Crippen LogP contribution in [-0.2, 0) is 16.0 Å². The van der Waals surface area contributed by atoms with Crippen molar-refractivity contribution in [3.05, 3.63) is 78.4 Å². The minimum atomic E-state index is -0.866. The van der Waals surface area contributed by atoms with E-state index in [1.165, 1.54) is 6.08 Å². The van der Waals surface area contributed by atoms with Gasteiger partial charge in [0.2, 0.25) is 0 Å². The highest BCUT2D eigenvalue weighted by molar-refractivity contribution is 5.89. The quantitative estimate of drug-likeness (QED) is 0.229. The first-order chi connectivity index (χ1) is 13.1. The number of carbonyl (C=O) groups is 2. The number of aliphatic carboxylic acids is 1. The van der Waals surface area contributed by atoms with E-state index in [2.05, 4.69) is 25.2 Å². The van der Waals surface area contributed by atoms with E-state index in [9.17, 15) is 9.59 Å². The molecule has 0 aliphatic rings. The molecule has 0 aromatic heterocycles. The summed E-state index contributed by atoms with van der Waals surface area (Å²) >= 11 is 0. The number of carbonyl (C=O) groups excluding carboxylic acids is 1. The summed E-state index contributed by atoms with van der Waals surface area (Å²) in [6.07, 6.45) is 18.8. The summed E-state index contributed by atoms with van der Waals surface area (Å²) < 4.78 is 5.50. The van der Waals surface area contributed by atoms with E-state index in [-0.39, 0.29) is 18.8 Å². The third-order valence-electron chi connectivity index (χ3n) is 3.55. The highest BCUT2D eigenvalue weighted by atomic mass is 16.5. The van der Waals surface area contributed by atoms with Gasteiger partial charge in [-0.15, -0.1) is 0 Å². The molecule has 4 nitrogen and oxygen atoms in total.